The predicted octanol–water partition coefficient (Wildman–Crippen LogP) is 9.64. The Balaban J connectivity index is 0.884. The molecule has 2 saturated heterocycles. The van der Waals surface area contributed by atoms with Crippen molar-refractivity contribution in [3.63, 3.8) is 0 Å². The summed E-state index contributed by atoms with van der Waals surface area (Å²) in [5, 5.41) is 26.3. The van der Waals surface area contributed by atoms with Gasteiger partial charge in [0.05, 0.1) is 32.4 Å². The molecular formula is C52H60FN7O8S. The molecule has 4 fully saturated rings. The molecule has 69 heavy (non-hydrogen) atoms. The van der Waals surface area contributed by atoms with Crippen molar-refractivity contribution in [1.82, 2.24) is 19.6 Å². The van der Waals surface area contributed by atoms with Gasteiger partial charge in [-0.1, -0.05) is 51.1 Å². The quantitative estimate of drug-likeness (QED) is 0.0685. The van der Waals surface area contributed by atoms with Crippen LogP contribution in [0, 0.1) is 27.3 Å². The summed E-state index contributed by atoms with van der Waals surface area (Å²) in [6.07, 6.45) is 10.8. The van der Waals surface area contributed by atoms with Gasteiger partial charge in [-0.2, -0.15) is 0 Å². The molecule has 5 heterocycles. The Bertz CT molecular complexity index is 2930. The number of aromatic nitrogens is 2. The van der Waals surface area contributed by atoms with E-state index in [0.29, 0.717) is 43.6 Å². The molecule has 17 heteroatoms. The largest absolute Gasteiger partial charge is 0.489 e. The van der Waals surface area contributed by atoms with Gasteiger partial charge in [-0.15, -0.1) is 0 Å². The van der Waals surface area contributed by atoms with Gasteiger partial charge in [0.25, 0.3) is 21.6 Å². The number of rotatable bonds is 12. The minimum atomic E-state index is -4.74. The van der Waals surface area contributed by atoms with Crippen LogP contribution in [0.2, 0.25) is 0 Å². The highest BCUT2D eigenvalue weighted by Gasteiger charge is 2.49. The summed E-state index contributed by atoms with van der Waals surface area (Å²) in [5.41, 5.74) is 3.06. The number of pyridine rings is 1. The lowest BCUT2D eigenvalue weighted by atomic mass is 9.70. The van der Waals surface area contributed by atoms with Gasteiger partial charge in [-0.3, -0.25) is 19.8 Å². The predicted molar refractivity (Wildman–Crippen MR) is 262 cm³/mol. The minimum absolute atomic E-state index is 0.0105. The zero-order valence-electron chi connectivity index (χ0n) is 39.3. The van der Waals surface area contributed by atoms with E-state index in [0.717, 1.165) is 50.8 Å². The van der Waals surface area contributed by atoms with Crippen molar-refractivity contribution in [3.8, 4) is 17.2 Å². The molecule has 3 aromatic carbocycles. The van der Waals surface area contributed by atoms with Crippen molar-refractivity contribution in [2.75, 3.05) is 43.0 Å². The molecule has 5 aromatic rings. The Morgan fingerprint density at radius 1 is 1.06 bits per heavy atom. The van der Waals surface area contributed by atoms with Crippen LogP contribution < -0.4 is 24.4 Å². The van der Waals surface area contributed by atoms with Crippen LogP contribution in [0.15, 0.2) is 78.3 Å². The van der Waals surface area contributed by atoms with Crippen LogP contribution in [0.1, 0.15) is 118 Å². The summed E-state index contributed by atoms with van der Waals surface area (Å²) in [4.78, 5) is 37.6. The number of halogens is 1. The number of H-pyrrole nitrogens is 1. The van der Waals surface area contributed by atoms with Crippen molar-refractivity contribution < 1.29 is 37.1 Å². The van der Waals surface area contributed by atoms with Crippen molar-refractivity contribution >= 4 is 50.1 Å². The number of carbonyl (C=O) groups excluding carboxylic acids is 1. The first-order valence-corrected chi connectivity index (χ1v) is 25.7. The SMILES string of the molecule is C=Cc1nc2[nH]cc(F)c2cc1Oc1cc(N2CCC3(CC2)CN([C@@H]2CCC[C@@H]2c2ccccc2C(C)C)C3)ccc1C(=O)NS(=O)(=O)c1cc2c(c([N+](=O)[O-])c1)N[C@@H](C1CCC(C)(O)CC1)CO2. The number of hydrogen-bond acceptors (Lipinski definition) is 12. The first-order chi connectivity index (χ1) is 33.0. The number of nitro groups is 1. The summed E-state index contributed by atoms with van der Waals surface area (Å²) in [6, 6.07) is 17.6. The number of ether oxygens (including phenoxy) is 2. The van der Waals surface area contributed by atoms with Crippen LogP contribution in [-0.2, 0) is 10.0 Å². The van der Waals surface area contributed by atoms with Crippen LogP contribution in [0.25, 0.3) is 17.1 Å². The van der Waals surface area contributed by atoms with Gasteiger partial charge in [-0.25, -0.2) is 22.5 Å². The minimum Gasteiger partial charge on any atom is -0.489 e. The van der Waals surface area contributed by atoms with Crippen molar-refractivity contribution in [2.45, 2.75) is 113 Å². The highest BCUT2D eigenvalue weighted by molar-refractivity contribution is 7.90. The van der Waals surface area contributed by atoms with E-state index in [4.69, 9.17) is 9.47 Å². The molecule has 2 aromatic heterocycles. The topological polar surface area (TPSA) is 192 Å². The molecule has 364 valence electrons. The second kappa shape index (κ2) is 18.0. The van der Waals surface area contributed by atoms with Crippen LogP contribution in [0.5, 0.6) is 17.2 Å². The lowest BCUT2D eigenvalue weighted by molar-refractivity contribution is -0.384. The van der Waals surface area contributed by atoms with E-state index in [1.54, 1.807) is 19.1 Å². The molecule has 3 aliphatic heterocycles. The van der Waals surface area contributed by atoms with Crippen molar-refractivity contribution in [3.05, 3.63) is 112 Å². The average molecular weight is 962 g/mol. The average Bonchev–Trinajstić information content (AvgIpc) is 3.96. The van der Waals surface area contributed by atoms with Gasteiger partial charge < -0.3 is 29.8 Å². The normalized spacial score (nSPS) is 24.6. The molecule has 0 radical (unpaired) electrons. The Morgan fingerprint density at radius 2 is 1.81 bits per heavy atom. The van der Waals surface area contributed by atoms with E-state index in [2.05, 4.69) is 74.5 Å². The molecule has 3 atom stereocenters. The van der Waals surface area contributed by atoms with Gasteiger partial charge in [-0.05, 0) is 117 Å². The lowest BCUT2D eigenvalue weighted by Gasteiger charge is -2.57. The highest BCUT2D eigenvalue weighted by atomic mass is 32.2. The third-order valence-corrected chi connectivity index (χ3v) is 17.0. The third-order valence-electron chi connectivity index (χ3n) is 15.7. The summed E-state index contributed by atoms with van der Waals surface area (Å²) in [6.45, 7) is 14.0. The van der Waals surface area contributed by atoms with E-state index >= 15 is 0 Å². The lowest BCUT2D eigenvalue weighted by Crippen LogP contribution is -2.63. The van der Waals surface area contributed by atoms with E-state index in [-0.39, 0.29) is 69.2 Å². The maximum Gasteiger partial charge on any atom is 0.297 e. The standard InChI is InChI=1S/C52H60FN7O8S/c1-5-41-46(26-39-40(53)27-54-49(39)56-41)68-45-23-33(58-21-19-52(20-22-58)29-59(30-52)43-12-8-11-37(43)36-10-7-6-9-35(36)31(2)3)13-14-38(45)50(61)57-69(65,66)34-24-44(60(63)64)48-47(25-34)67-28-42(55-48)32-15-17-51(4,62)18-16-32/h5-7,9-10,13-14,23-27,31-32,37,42-43,55,62H,1,8,11-12,15-22,28-30H2,2-4H3,(H,54,56)(H,57,61)/t32?,37-,42-,43-,51?/m1/s1. The molecule has 0 bridgehead atoms. The molecule has 15 nitrogen and oxygen atoms in total. The zero-order valence-corrected chi connectivity index (χ0v) is 40.1. The summed E-state index contributed by atoms with van der Waals surface area (Å²) >= 11 is 0. The van der Waals surface area contributed by atoms with Crippen LogP contribution in [0.3, 0.4) is 0 Å². The third kappa shape index (κ3) is 9.04. The molecular weight excluding hydrogens is 902 g/mol. The Kier molecular flexibility index (Phi) is 12.2. The maximum atomic E-state index is 14.9. The van der Waals surface area contributed by atoms with Crippen molar-refractivity contribution in [2.24, 2.45) is 11.3 Å². The number of likely N-dealkylation sites (tertiary alicyclic amines) is 1. The Labute approximate surface area is 401 Å². The summed E-state index contributed by atoms with van der Waals surface area (Å²) in [7, 11) is -4.74. The summed E-state index contributed by atoms with van der Waals surface area (Å²) in [5.74, 6) is -0.471. The second-order valence-electron chi connectivity index (χ2n) is 20.6. The molecule has 2 aliphatic carbocycles. The Morgan fingerprint density at radius 3 is 2.54 bits per heavy atom. The Hall–Kier alpha value is -6.04. The number of anilines is 2. The smallest absolute Gasteiger partial charge is 0.297 e. The first-order valence-electron chi connectivity index (χ1n) is 24.2. The molecule has 0 unspecified atom stereocenters. The fraction of sp³-hybridized carbons (Fsp3) is 0.462. The maximum absolute atomic E-state index is 14.9. The monoisotopic (exact) mass is 961 g/mol. The fourth-order valence-electron chi connectivity index (χ4n) is 11.8. The number of nitro benzene ring substituents is 1. The molecule has 10 rings (SSSR count). The van der Waals surface area contributed by atoms with E-state index < -0.39 is 42.9 Å². The number of amides is 1. The van der Waals surface area contributed by atoms with Gasteiger partial charge in [0.1, 0.15) is 29.5 Å². The fourth-order valence-corrected chi connectivity index (χ4v) is 12.8. The van der Waals surface area contributed by atoms with E-state index in [1.807, 2.05) is 0 Å². The van der Waals surface area contributed by atoms with Crippen LogP contribution in [-0.4, -0.2) is 89.7 Å². The number of hydrogen-bond donors (Lipinski definition) is 4. The number of benzene rings is 3. The number of sulfonamides is 1. The number of carbonyl (C=O) groups is 1. The van der Waals surface area contributed by atoms with E-state index in [1.165, 1.54) is 60.9 Å². The molecule has 4 N–H and O–H groups in total. The number of piperidine rings is 1. The first kappa shape index (κ1) is 46.7. The number of nitrogens with zero attached hydrogens (tertiary/aromatic N) is 4. The van der Waals surface area contributed by atoms with Crippen molar-refractivity contribution in [1.29, 1.82) is 0 Å². The highest BCUT2D eigenvalue weighted by Crippen LogP contribution is 2.49. The number of aliphatic hydroxyl groups is 1. The number of fused-ring (bicyclic) bond motifs is 2. The van der Waals surface area contributed by atoms with Crippen LogP contribution in [0.4, 0.5) is 21.5 Å². The molecule has 2 saturated carbocycles. The van der Waals surface area contributed by atoms with Crippen LogP contribution >= 0.6 is 0 Å². The molecule has 1 amide bonds. The zero-order chi connectivity index (χ0) is 48.4. The van der Waals surface area contributed by atoms with Gasteiger partial charge in [0.15, 0.2) is 17.2 Å². The van der Waals surface area contributed by atoms with Gasteiger partial charge in [0.2, 0.25) is 0 Å². The number of nitrogens with one attached hydrogen (secondary N) is 3. The summed E-state index contributed by atoms with van der Waals surface area (Å²) < 4.78 is 57.5. The van der Waals surface area contributed by atoms with Gasteiger partial charge in [0, 0.05) is 62.3 Å². The number of aromatic amines is 1. The second-order valence-corrected chi connectivity index (χ2v) is 22.3. The molecule has 5 aliphatic rings. The van der Waals surface area contributed by atoms with E-state index in [9.17, 15) is 32.8 Å². The molecule has 1 spiro atoms. The van der Waals surface area contributed by atoms with Gasteiger partial charge >= 0.3 is 0 Å².